The molecule has 1 heteroatoms. The number of benzene rings is 1. The summed E-state index contributed by atoms with van der Waals surface area (Å²) in [6.07, 6.45) is 3.51. The number of hydrogen-bond acceptors (Lipinski definition) is 1. The highest BCUT2D eigenvalue weighted by atomic mass is 14.5. The van der Waals surface area contributed by atoms with Crippen LogP contribution in [0.4, 0.5) is 0 Å². The first-order valence-electron chi connectivity index (χ1n) is 6.36. The molecular formula is C15H25N. The molecule has 0 spiro atoms. The van der Waals surface area contributed by atoms with Gasteiger partial charge in [0.15, 0.2) is 0 Å². The van der Waals surface area contributed by atoms with Gasteiger partial charge in [0.25, 0.3) is 0 Å². The van der Waals surface area contributed by atoms with Crippen molar-refractivity contribution in [2.75, 3.05) is 6.54 Å². The Hall–Kier alpha value is -0.820. The average Bonchev–Trinajstić information content (AvgIpc) is 2.24. The molecule has 1 nitrogen and oxygen atoms in total. The number of nitrogens with two attached hydrogens (primary N) is 1. The van der Waals surface area contributed by atoms with Crippen molar-refractivity contribution in [2.45, 2.75) is 52.9 Å². The van der Waals surface area contributed by atoms with Crippen molar-refractivity contribution in [3.8, 4) is 0 Å². The van der Waals surface area contributed by atoms with E-state index in [9.17, 15) is 0 Å². The van der Waals surface area contributed by atoms with E-state index in [4.69, 9.17) is 5.73 Å². The Morgan fingerprint density at radius 1 is 1.12 bits per heavy atom. The molecule has 0 aliphatic carbocycles. The Morgan fingerprint density at radius 2 is 1.81 bits per heavy atom. The van der Waals surface area contributed by atoms with E-state index in [1.54, 1.807) is 0 Å². The van der Waals surface area contributed by atoms with Gasteiger partial charge in [0.05, 0.1) is 0 Å². The predicted molar refractivity (Wildman–Crippen MR) is 72.0 cm³/mol. The molecule has 1 aromatic rings. The Balaban J connectivity index is 2.88. The van der Waals surface area contributed by atoms with E-state index < -0.39 is 0 Å². The van der Waals surface area contributed by atoms with Gasteiger partial charge >= 0.3 is 0 Å². The van der Waals surface area contributed by atoms with Gasteiger partial charge in [-0.15, -0.1) is 0 Å². The van der Waals surface area contributed by atoms with Crippen LogP contribution < -0.4 is 5.73 Å². The first kappa shape index (κ1) is 13.2. The number of unbranched alkanes of at least 4 members (excludes halogenated alkanes) is 1. The summed E-state index contributed by atoms with van der Waals surface area (Å²) >= 11 is 0. The van der Waals surface area contributed by atoms with E-state index in [1.165, 1.54) is 35.1 Å². The fraction of sp³-hybridized carbons (Fsp3) is 0.600. The molecule has 0 saturated carbocycles. The number of rotatable bonds is 5. The monoisotopic (exact) mass is 219 g/mol. The second-order valence-electron chi connectivity index (χ2n) is 5.02. The van der Waals surface area contributed by atoms with Gasteiger partial charge in [-0.05, 0) is 67.8 Å². The maximum Gasteiger partial charge on any atom is -0.00772 e. The summed E-state index contributed by atoms with van der Waals surface area (Å²) in [5.74, 6) is 0.618. The molecule has 1 rings (SSSR count). The first-order chi connectivity index (χ1) is 7.56. The second kappa shape index (κ2) is 6.05. The maximum absolute atomic E-state index is 5.54. The lowest BCUT2D eigenvalue weighted by Crippen LogP contribution is -2.01. The van der Waals surface area contributed by atoms with Crippen LogP contribution in [0.3, 0.4) is 0 Å². The molecule has 0 heterocycles. The van der Waals surface area contributed by atoms with Gasteiger partial charge in [0.1, 0.15) is 0 Å². The van der Waals surface area contributed by atoms with E-state index in [2.05, 4.69) is 39.8 Å². The zero-order valence-electron chi connectivity index (χ0n) is 11.1. The highest BCUT2D eigenvalue weighted by Crippen LogP contribution is 2.23. The Labute approximate surface area is 100 Å². The Kier molecular flexibility index (Phi) is 5.01. The summed E-state index contributed by atoms with van der Waals surface area (Å²) in [4.78, 5) is 0. The lowest BCUT2D eigenvalue weighted by Gasteiger charge is -2.14. The average molecular weight is 219 g/mol. The summed E-state index contributed by atoms with van der Waals surface area (Å²) in [6, 6.07) is 4.70. The molecule has 90 valence electrons. The van der Waals surface area contributed by atoms with Crippen molar-refractivity contribution >= 4 is 0 Å². The smallest absolute Gasteiger partial charge is 0.00772 e. The summed E-state index contributed by atoms with van der Waals surface area (Å²) in [7, 11) is 0. The van der Waals surface area contributed by atoms with Crippen LogP contribution in [0.5, 0.6) is 0 Å². The van der Waals surface area contributed by atoms with Crippen molar-refractivity contribution in [1.82, 2.24) is 0 Å². The first-order valence-corrected chi connectivity index (χ1v) is 6.36. The van der Waals surface area contributed by atoms with Gasteiger partial charge in [-0.1, -0.05) is 26.0 Å². The number of hydrogen-bond donors (Lipinski definition) is 1. The van der Waals surface area contributed by atoms with Gasteiger partial charge in [-0.2, -0.15) is 0 Å². The standard InChI is InChI=1S/C15H25N/c1-11(2)15-9-12(3)13(4)14(10-15)7-5-6-8-16/h9-11H,5-8,16H2,1-4H3. The second-order valence-corrected chi connectivity index (χ2v) is 5.02. The van der Waals surface area contributed by atoms with E-state index in [0.717, 1.165) is 13.0 Å². The van der Waals surface area contributed by atoms with Crippen LogP contribution in [0, 0.1) is 13.8 Å². The third-order valence-corrected chi connectivity index (χ3v) is 3.36. The quantitative estimate of drug-likeness (QED) is 0.751. The molecule has 0 fully saturated rings. The van der Waals surface area contributed by atoms with Crippen LogP contribution in [0.1, 0.15) is 54.9 Å². The summed E-state index contributed by atoms with van der Waals surface area (Å²) in [6.45, 7) is 9.77. The van der Waals surface area contributed by atoms with Gasteiger partial charge in [-0.25, -0.2) is 0 Å². The lowest BCUT2D eigenvalue weighted by atomic mass is 9.92. The molecular weight excluding hydrogens is 194 g/mol. The third kappa shape index (κ3) is 3.34. The van der Waals surface area contributed by atoms with Gasteiger partial charge in [0, 0.05) is 0 Å². The third-order valence-electron chi connectivity index (χ3n) is 3.36. The van der Waals surface area contributed by atoms with Crippen molar-refractivity contribution in [2.24, 2.45) is 5.73 Å². The van der Waals surface area contributed by atoms with Crippen molar-refractivity contribution < 1.29 is 0 Å². The predicted octanol–water partition coefficient (Wildman–Crippen LogP) is 3.71. The molecule has 0 aromatic heterocycles. The van der Waals surface area contributed by atoms with Crippen LogP contribution in [0.2, 0.25) is 0 Å². The largest absolute Gasteiger partial charge is 0.330 e. The molecule has 0 aliphatic heterocycles. The van der Waals surface area contributed by atoms with Crippen molar-refractivity contribution in [1.29, 1.82) is 0 Å². The molecule has 0 aliphatic rings. The molecule has 16 heavy (non-hydrogen) atoms. The SMILES string of the molecule is Cc1cc(C(C)C)cc(CCCCN)c1C. The molecule has 0 radical (unpaired) electrons. The van der Waals surface area contributed by atoms with E-state index in [0.29, 0.717) is 5.92 Å². The van der Waals surface area contributed by atoms with Gasteiger partial charge < -0.3 is 5.73 Å². The summed E-state index contributed by atoms with van der Waals surface area (Å²) < 4.78 is 0. The highest BCUT2D eigenvalue weighted by molar-refractivity contribution is 5.39. The van der Waals surface area contributed by atoms with Crippen LogP contribution >= 0.6 is 0 Å². The molecule has 2 N–H and O–H groups in total. The summed E-state index contributed by atoms with van der Waals surface area (Å²) in [5, 5.41) is 0. The van der Waals surface area contributed by atoms with Crippen LogP contribution in [-0.2, 0) is 6.42 Å². The van der Waals surface area contributed by atoms with Crippen molar-refractivity contribution in [3.05, 3.63) is 34.4 Å². The maximum atomic E-state index is 5.54. The van der Waals surface area contributed by atoms with Crippen LogP contribution in [0.15, 0.2) is 12.1 Å². The Morgan fingerprint density at radius 3 is 2.38 bits per heavy atom. The molecule has 0 bridgehead atoms. The Bertz CT molecular complexity index is 340. The van der Waals surface area contributed by atoms with E-state index in [-0.39, 0.29) is 0 Å². The summed E-state index contributed by atoms with van der Waals surface area (Å²) in [5.41, 5.74) is 11.4. The molecule has 0 unspecified atom stereocenters. The minimum atomic E-state index is 0.618. The van der Waals surface area contributed by atoms with Crippen molar-refractivity contribution in [3.63, 3.8) is 0 Å². The van der Waals surface area contributed by atoms with E-state index >= 15 is 0 Å². The van der Waals surface area contributed by atoms with Crippen LogP contribution in [0.25, 0.3) is 0 Å². The number of aryl methyl sites for hydroxylation is 2. The lowest BCUT2D eigenvalue weighted by molar-refractivity contribution is 0.739. The van der Waals surface area contributed by atoms with E-state index in [1.807, 2.05) is 0 Å². The normalized spacial score (nSPS) is 11.1. The zero-order chi connectivity index (χ0) is 12.1. The minimum absolute atomic E-state index is 0.618. The molecule has 0 amide bonds. The van der Waals surface area contributed by atoms with Gasteiger partial charge in [-0.3, -0.25) is 0 Å². The fourth-order valence-corrected chi connectivity index (χ4v) is 2.02. The zero-order valence-corrected chi connectivity index (χ0v) is 11.1. The fourth-order valence-electron chi connectivity index (χ4n) is 2.02. The molecule has 0 saturated heterocycles. The minimum Gasteiger partial charge on any atom is -0.330 e. The van der Waals surface area contributed by atoms with Crippen LogP contribution in [-0.4, -0.2) is 6.54 Å². The molecule has 1 aromatic carbocycles. The van der Waals surface area contributed by atoms with Gasteiger partial charge in [0.2, 0.25) is 0 Å². The molecule has 0 atom stereocenters. The highest BCUT2D eigenvalue weighted by Gasteiger charge is 2.06. The topological polar surface area (TPSA) is 26.0 Å².